The summed E-state index contributed by atoms with van der Waals surface area (Å²) in [6, 6.07) is 18.8. The molecule has 0 amide bonds. The van der Waals surface area contributed by atoms with Gasteiger partial charge in [0.1, 0.15) is 11.4 Å². The van der Waals surface area contributed by atoms with Gasteiger partial charge in [0.05, 0.1) is 0 Å². The second-order valence-corrected chi connectivity index (χ2v) is 5.43. The van der Waals surface area contributed by atoms with Gasteiger partial charge in [-0.1, -0.05) is 48.5 Å². The normalized spacial score (nSPS) is 20.9. The van der Waals surface area contributed by atoms with E-state index in [4.69, 9.17) is 4.74 Å². The number of hydrogen-bond donors (Lipinski definition) is 1. The Balaban J connectivity index is 1.57. The molecule has 0 spiro atoms. The molecule has 1 N–H and O–H groups in total. The predicted octanol–water partition coefficient (Wildman–Crippen LogP) is 3.17. The van der Waals surface area contributed by atoms with E-state index in [0.29, 0.717) is 0 Å². The lowest BCUT2D eigenvalue weighted by molar-refractivity contribution is 0.114. The highest BCUT2D eigenvalue weighted by Crippen LogP contribution is 2.34. The van der Waals surface area contributed by atoms with Gasteiger partial charge in [-0.15, -0.1) is 0 Å². The van der Waals surface area contributed by atoms with Crippen LogP contribution < -0.4 is 10.1 Å². The molecule has 2 heteroatoms. The Morgan fingerprint density at radius 1 is 1.05 bits per heavy atom. The van der Waals surface area contributed by atoms with Crippen molar-refractivity contribution in [1.29, 1.82) is 0 Å². The van der Waals surface area contributed by atoms with Crippen molar-refractivity contribution >= 4 is 0 Å². The molecule has 1 atom stereocenters. The molecule has 0 radical (unpaired) electrons. The summed E-state index contributed by atoms with van der Waals surface area (Å²) < 4.78 is 6.07. The van der Waals surface area contributed by atoms with Crippen LogP contribution in [-0.4, -0.2) is 12.1 Å². The Morgan fingerprint density at radius 2 is 1.79 bits per heavy atom. The first kappa shape index (κ1) is 12.2. The van der Waals surface area contributed by atoms with Crippen molar-refractivity contribution in [2.75, 3.05) is 6.54 Å². The van der Waals surface area contributed by atoms with Crippen LogP contribution >= 0.6 is 0 Å². The molecule has 19 heavy (non-hydrogen) atoms. The molecule has 0 aromatic heterocycles. The topological polar surface area (TPSA) is 21.3 Å². The fraction of sp³-hybridized carbons (Fsp3) is 0.294. The van der Waals surface area contributed by atoms with Crippen LogP contribution in [0, 0.1) is 0 Å². The molecule has 2 aromatic carbocycles. The van der Waals surface area contributed by atoms with Crippen molar-refractivity contribution < 1.29 is 4.74 Å². The van der Waals surface area contributed by atoms with Crippen LogP contribution in [0.25, 0.3) is 0 Å². The molecular weight excluding hydrogens is 234 g/mol. The van der Waals surface area contributed by atoms with Crippen LogP contribution in [-0.2, 0) is 13.0 Å². The molecule has 0 fully saturated rings. The number of rotatable bonds is 4. The predicted molar refractivity (Wildman–Crippen MR) is 77.3 cm³/mol. The number of para-hydroxylation sites is 1. The van der Waals surface area contributed by atoms with Crippen LogP contribution in [0.15, 0.2) is 54.6 Å². The average Bonchev–Trinajstić information content (AvgIpc) is 2.76. The fourth-order valence-corrected chi connectivity index (χ4v) is 2.62. The summed E-state index contributed by atoms with van der Waals surface area (Å²) in [4.78, 5) is 0. The van der Waals surface area contributed by atoms with Gasteiger partial charge in [-0.2, -0.15) is 0 Å². The molecule has 0 saturated heterocycles. The number of nitrogens with one attached hydrogen (secondary N) is 1. The van der Waals surface area contributed by atoms with Crippen LogP contribution in [0.1, 0.15) is 18.1 Å². The lowest BCUT2D eigenvalue weighted by Crippen LogP contribution is -2.41. The third-order valence-corrected chi connectivity index (χ3v) is 3.56. The van der Waals surface area contributed by atoms with E-state index in [2.05, 4.69) is 54.7 Å². The number of fused-ring (bicyclic) bond motifs is 1. The van der Waals surface area contributed by atoms with E-state index in [-0.39, 0.29) is 5.60 Å². The van der Waals surface area contributed by atoms with Gasteiger partial charge in [0.15, 0.2) is 0 Å². The van der Waals surface area contributed by atoms with E-state index >= 15 is 0 Å². The molecule has 2 aromatic rings. The van der Waals surface area contributed by atoms with E-state index in [1.54, 1.807) is 0 Å². The quantitative estimate of drug-likeness (QED) is 0.903. The first-order valence-corrected chi connectivity index (χ1v) is 6.77. The summed E-state index contributed by atoms with van der Waals surface area (Å²) in [5.41, 5.74) is 2.49. The standard InChI is InChI=1S/C17H19NO/c1-17(11-15-9-5-6-10-16(15)19-17)13-18-12-14-7-3-2-4-8-14/h2-10,18H,11-13H2,1H3. The van der Waals surface area contributed by atoms with E-state index in [1.807, 2.05) is 12.1 Å². The highest BCUT2D eigenvalue weighted by molar-refractivity contribution is 5.39. The third kappa shape index (κ3) is 2.79. The molecular formula is C17H19NO. The first-order chi connectivity index (χ1) is 9.25. The van der Waals surface area contributed by atoms with Gasteiger partial charge in [0, 0.05) is 19.5 Å². The Labute approximate surface area is 114 Å². The fourth-order valence-electron chi connectivity index (χ4n) is 2.62. The zero-order chi connectivity index (χ0) is 13.1. The number of ether oxygens (including phenoxy) is 1. The van der Waals surface area contributed by atoms with Crippen molar-refractivity contribution in [2.24, 2.45) is 0 Å². The maximum atomic E-state index is 6.07. The first-order valence-electron chi connectivity index (χ1n) is 6.77. The average molecular weight is 253 g/mol. The minimum absolute atomic E-state index is 0.127. The SMILES string of the molecule is CC1(CNCc2ccccc2)Cc2ccccc2O1. The molecule has 3 rings (SSSR count). The molecule has 0 bridgehead atoms. The van der Waals surface area contributed by atoms with Gasteiger partial charge in [-0.25, -0.2) is 0 Å². The van der Waals surface area contributed by atoms with Gasteiger partial charge in [-0.3, -0.25) is 0 Å². The largest absolute Gasteiger partial charge is 0.486 e. The van der Waals surface area contributed by atoms with E-state index in [1.165, 1.54) is 11.1 Å². The second-order valence-electron chi connectivity index (χ2n) is 5.43. The summed E-state index contributed by atoms with van der Waals surface area (Å²) in [6.45, 7) is 3.91. The highest BCUT2D eigenvalue weighted by atomic mass is 16.5. The van der Waals surface area contributed by atoms with Crippen molar-refractivity contribution in [2.45, 2.75) is 25.5 Å². The Bertz CT molecular complexity index is 525. The summed E-state index contributed by atoms with van der Waals surface area (Å²) >= 11 is 0. The van der Waals surface area contributed by atoms with Crippen molar-refractivity contribution in [3.63, 3.8) is 0 Å². The van der Waals surface area contributed by atoms with Gasteiger partial charge in [0.2, 0.25) is 0 Å². The molecule has 1 heterocycles. The molecule has 0 saturated carbocycles. The van der Waals surface area contributed by atoms with E-state index in [9.17, 15) is 0 Å². The number of benzene rings is 2. The van der Waals surface area contributed by atoms with E-state index in [0.717, 1.165) is 25.3 Å². The Morgan fingerprint density at radius 3 is 2.58 bits per heavy atom. The van der Waals surface area contributed by atoms with Gasteiger partial charge < -0.3 is 10.1 Å². The zero-order valence-corrected chi connectivity index (χ0v) is 11.2. The van der Waals surface area contributed by atoms with Crippen molar-refractivity contribution in [3.8, 4) is 5.75 Å². The Hall–Kier alpha value is -1.80. The van der Waals surface area contributed by atoms with Crippen LogP contribution in [0.2, 0.25) is 0 Å². The molecule has 1 unspecified atom stereocenters. The van der Waals surface area contributed by atoms with Gasteiger partial charge in [0.25, 0.3) is 0 Å². The lowest BCUT2D eigenvalue weighted by Gasteiger charge is -2.24. The minimum Gasteiger partial charge on any atom is -0.486 e. The molecule has 98 valence electrons. The van der Waals surface area contributed by atoms with Crippen molar-refractivity contribution in [3.05, 3.63) is 65.7 Å². The van der Waals surface area contributed by atoms with Crippen LogP contribution in [0.5, 0.6) is 5.75 Å². The number of hydrogen-bond acceptors (Lipinski definition) is 2. The third-order valence-electron chi connectivity index (χ3n) is 3.56. The highest BCUT2D eigenvalue weighted by Gasteiger charge is 2.33. The molecule has 1 aliphatic heterocycles. The van der Waals surface area contributed by atoms with Gasteiger partial charge in [-0.05, 0) is 24.1 Å². The molecule has 2 nitrogen and oxygen atoms in total. The van der Waals surface area contributed by atoms with Crippen LogP contribution in [0.4, 0.5) is 0 Å². The lowest BCUT2D eigenvalue weighted by atomic mass is 9.99. The molecule has 1 aliphatic rings. The van der Waals surface area contributed by atoms with E-state index < -0.39 is 0 Å². The Kier molecular flexibility index (Phi) is 3.26. The summed E-state index contributed by atoms with van der Waals surface area (Å²) in [5, 5.41) is 3.49. The van der Waals surface area contributed by atoms with Crippen LogP contribution in [0.3, 0.4) is 0 Å². The minimum atomic E-state index is -0.127. The van der Waals surface area contributed by atoms with Gasteiger partial charge >= 0.3 is 0 Å². The monoisotopic (exact) mass is 253 g/mol. The smallest absolute Gasteiger partial charge is 0.123 e. The maximum Gasteiger partial charge on any atom is 0.123 e. The summed E-state index contributed by atoms with van der Waals surface area (Å²) in [5.74, 6) is 1.03. The summed E-state index contributed by atoms with van der Waals surface area (Å²) in [7, 11) is 0. The zero-order valence-electron chi connectivity index (χ0n) is 11.2. The summed E-state index contributed by atoms with van der Waals surface area (Å²) in [6.07, 6.45) is 0.977. The second kappa shape index (κ2) is 5.06. The van der Waals surface area contributed by atoms with Crippen molar-refractivity contribution in [1.82, 2.24) is 5.32 Å². The maximum absolute atomic E-state index is 6.07. The molecule has 0 aliphatic carbocycles.